The normalized spacial score (nSPS) is 14.3. The van der Waals surface area contributed by atoms with Crippen LogP contribution in [0.15, 0.2) is 54.6 Å². The van der Waals surface area contributed by atoms with E-state index in [2.05, 4.69) is 19.1 Å². The van der Waals surface area contributed by atoms with E-state index in [0.717, 1.165) is 11.1 Å². The second kappa shape index (κ2) is 5.12. The molecule has 0 N–H and O–H groups in total. The van der Waals surface area contributed by atoms with E-state index in [0.29, 0.717) is 5.88 Å². The fourth-order valence-electron chi connectivity index (χ4n) is 1.84. The fourth-order valence-corrected chi connectivity index (χ4v) is 2.40. The average Bonchev–Trinajstić information content (AvgIpc) is 2.40. The van der Waals surface area contributed by atoms with Gasteiger partial charge in [0.15, 0.2) is 0 Å². The summed E-state index contributed by atoms with van der Waals surface area (Å²) >= 11 is 12.8. The van der Waals surface area contributed by atoms with Gasteiger partial charge in [-0.05, 0) is 18.1 Å². The van der Waals surface area contributed by atoms with Crippen molar-refractivity contribution in [1.29, 1.82) is 0 Å². The van der Waals surface area contributed by atoms with Crippen LogP contribution < -0.4 is 0 Å². The van der Waals surface area contributed by atoms with Gasteiger partial charge in [0.05, 0.1) is 0 Å². The molecule has 0 aromatic heterocycles. The standard InChI is InChI=1S/C15H14Cl2/c1-12-7-9-14(10-8-12)15(17,11-16)13-5-3-2-4-6-13/h2-10H,11H2,1H3. The number of benzene rings is 2. The summed E-state index contributed by atoms with van der Waals surface area (Å²) in [6.45, 7) is 2.06. The van der Waals surface area contributed by atoms with Gasteiger partial charge in [0.25, 0.3) is 0 Å². The van der Waals surface area contributed by atoms with Gasteiger partial charge in [-0.25, -0.2) is 0 Å². The van der Waals surface area contributed by atoms with Crippen LogP contribution in [-0.2, 0) is 4.87 Å². The smallest absolute Gasteiger partial charge is 0.108 e. The molecule has 2 rings (SSSR count). The van der Waals surface area contributed by atoms with Gasteiger partial charge < -0.3 is 0 Å². The highest BCUT2D eigenvalue weighted by molar-refractivity contribution is 6.32. The summed E-state index contributed by atoms with van der Waals surface area (Å²) in [4.78, 5) is -0.642. The molecule has 0 amide bonds. The first-order valence-electron chi connectivity index (χ1n) is 5.54. The first-order chi connectivity index (χ1) is 8.16. The van der Waals surface area contributed by atoms with Gasteiger partial charge in [-0.3, -0.25) is 0 Å². The summed E-state index contributed by atoms with van der Waals surface area (Å²) < 4.78 is 0. The number of hydrogen-bond donors (Lipinski definition) is 0. The van der Waals surface area contributed by atoms with Crippen LogP contribution in [0.3, 0.4) is 0 Å². The van der Waals surface area contributed by atoms with Crippen molar-refractivity contribution in [2.75, 3.05) is 5.88 Å². The van der Waals surface area contributed by atoms with Crippen LogP contribution in [0.2, 0.25) is 0 Å². The molecule has 0 heterocycles. The van der Waals surface area contributed by atoms with Crippen LogP contribution in [0, 0.1) is 6.92 Å². The molecule has 2 heteroatoms. The molecule has 0 aliphatic carbocycles. The largest absolute Gasteiger partial charge is 0.124 e. The van der Waals surface area contributed by atoms with E-state index < -0.39 is 4.87 Å². The van der Waals surface area contributed by atoms with E-state index in [1.807, 2.05) is 42.5 Å². The topological polar surface area (TPSA) is 0 Å². The van der Waals surface area contributed by atoms with Gasteiger partial charge in [-0.2, -0.15) is 0 Å². The van der Waals surface area contributed by atoms with Crippen molar-refractivity contribution in [2.45, 2.75) is 11.8 Å². The first kappa shape index (κ1) is 12.5. The van der Waals surface area contributed by atoms with Gasteiger partial charge >= 0.3 is 0 Å². The Hall–Kier alpha value is -0.980. The van der Waals surface area contributed by atoms with Crippen LogP contribution in [0.25, 0.3) is 0 Å². The molecule has 17 heavy (non-hydrogen) atoms. The van der Waals surface area contributed by atoms with Crippen LogP contribution in [-0.4, -0.2) is 5.88 Å². The van der Waals surface area contributed by atoms with Gasteiger partial charge in [-0.15, -0.1) is 23.2 Å². The van der Waals surface area contributed by atoms with Crippen molar-refractivity contribution in [2.24, 2.45) is 0 Å². The Balaban J connectivity index is 2.48. The molecule has 0 saturated heterocycles. The molecule has 0 saturated carbocycles. The molecule has 2 aromatic rings. The molecule has 1 atom stereocenters. The van der Waals surface area contributed by atoms with Crippen molar-refractivity contribution in [1.82, 2.24) is 0 Å². The molecule has 0 spiro atoms. The van der Waals surface area contributed by atoms with E-state index >= 15 is 0 Å². The summed E-state index contributed by atoms with van der Waals surface area (Å²) in [6.07, 6.45) is 0. The lowest BCUT2D eigenvalue weighted by atomic mass is 9.91. The zero-order valence-electron chi connectivity index (χ0n) is 9.66. The van der Waals surface area contributed by atoms with Gasteiger partial charge in [0, 0.05) is 5.88 Å². The summed E-state index contributed by atoms with van der Waals surface area (Å²) in [5.74, 6) is 0.349. The summed E-state index contributed by atoms with van der Waals surface area (Å²) in [5.41, 5.74) is 3.28. The third-order valence-electron chi connectivity index (χ3n) is 2.92. The van der Waals surface area contributed by atoms with Gasteiger partial charge in [-0.1, -0.05) is 60.2 Å². The Bertz CT molecular complexity index is 476. The molecule has 0 fully saturated rings. The predicted molar refractivity (Wildman–Crippen MR) is 75.0 cm³/mol. The van der Waals surface area contributed by atoms with Crippen LogP contribution >= 0.6 is 23.2 Å². The van der Waals surface area contributed by atoms with Crippen molar-refractivity contribution in [3.8, 4) is 0 Å². The highest BCUT2D eigenvalue weighted by Crippen LogP contribution is 2.37. The first-order valence-corrected chi connectivity index (χ1v) is 6.45. The Morgan fingerprint density at radius 3 is 1.94 bits per heavy atom. The zero-order chi connectivity index (χ0) is 12.3. The zero-order valence-corrected chi connectivity index (χ0v) is 11.2. The summed E-state index contributed by atoms with van der Waals surface area (Å²) in [6, 6.07) is 18.1. The second-order valence-corrected chi connectivity index (χ2v) is 5.08. The monoisotopic (exact) mass is 264 g/mol. The van der Waals surface area contributed by atoms with Gasteiger partial charge in [0.1, 0.15) is 4.87 Å². The third-order valence-corrected chi connectivity index (χ3v) is 4.03. The lowest BCUT2D eigenvalue weighted by Crippen LogP contribution is -2.22. The number of halogens is 2. The minimum Gasteiger partial charge on any atom is -0.124 e. The van der Waals surface area contributed by atoms with E-state index in [1.165, 1.54) is 5.56 Å². The van der Waals surface area contributed by atoms with Gasteiger partial charge in [0.2, 0.25) is 0 Å². The maximum absolute atomic E-state index is 6.69. The fraction of sp³-hybridized carbons (Fsp3) is 0.200. The van der Waals surface area contributed by atoms with E-state index in [9.17, 15) is 0 Å². The van der Waals surface area contributed by atoms with Crippen LogP contribution in [0.5, 0.6) is 0 Å². The molecule has 88 valence electrons. The molecule has 0 nitrogen and oxygen atoms in total. The summed E-state index contributed by atoms with van der Waals surface area (Å²) in [5, 5.41) is 0. The Kier molecular flexibility index (Phi) is 3.76. The van der Waals surface area contributed by atoms with Crippen LogP contribution in [0.1, 0.15) is 16.7 Å². The molecule has 0 aliphatic heterocycles. The number of aryl methyl sites for hydroxylation is 1. The van der Waals surface area contributed by atoms with Crippen LogP contribution in [0.4, 0.5) is 0 Å². The quantitative estimate of drug-likeness (QED) is 0.704. The Morgan fingerprint density at radius 1 is 0.882 bits per heavy atom. The molecule has 0 radical (unpaired) electrons. The molecular weight excluding hydrogens is 251 g/mol. The summed E-state index contributed by atoms with van der Waals surface area (Å²) in [7, 11) is 0. The van der Waals surface area contributed by atoms with Crippen molar-refractivity contribution in [3.05, 3.63) is 71.3 Å². The SMILES string of the molecule is Cc1ccc(C(Cl)(CCl)c2ccccc2)cc1. The minimum absolute atomic E-state index is 0.349. The number of alkyl halides is 2. The predicted octanol–water partition coefficient (Wildman–Crippen LogP) is 4.72. The molecule has 1 unspecified atom stereocenters. The van der Waals surface area contributed by atoms with E-state index in [-0.39, 0.29) is 0 Å². The Morgan fingerprint density at radius 2 is 1.41 bits per heavy atom. The minimum atomic E-state index is -0.642. The number of rotatable bonds is 3. The van der Waals surface area contributed by atoms with E-state index in [1.54, 1.807) is 0 Å². The Labute approximate surface area is 112 Å². The highest BCUT2D eigenvalue weighted by atomic mass is 35.5. The molecule has 0 bridgehead atoms. The third kappa shape index (κ3) is 2.48. The lowest BCUT2D eigenvalue weighted by molar-refractivity contribution is 0.831. The molecule has 0 aliphatic rings. The van der Waals surface area contributed by atoms with Crippen molar-refractivity contribution < 1.29 is 0 Å². The second-order valence-electron chi connectivity index (χ2n) is 4.17. The lowest BCUT2D eigenvalue weighted by Gasteiger charge is -2.26. The maximum Gasteiger partial charge on any atom is 0.108 e. The van der Waals surface area contributed by atoms with E-state index in [4.69, 9.17) is 23.2 Å². The number of hydrogen-bond acceptors (Lipinski definition) is 0. The van der Waals surface area contributed by atoms with Crippen molar-refractivity contribution >= 4 is 23.2 Å². The highest BCUT2D eigenvalue weighted by Gasteiger charge is 2.30. The average molecular weight is 265 g/mol. The molecule has 2 aromatic carbocycles. The molecular formula is C15H14Cl2. The maximum atomic E-state index is 6.69. The van der Waals surface area contributed by atoms with Crippen molar-refractivity contribution in [3.63, 3.8) is 0 Å².